The number of benzene rings is 1. The maximum Gasteiger partial charge on any atom is 0.407 e. The number of rotatable bonds is 5. The van der Waals surface area contributed by atoms with Gasteiger partial charge in [0.1, 0.15) is 23.4 Å². The summed E-state index contributed by atoms with van der Waals surface area (Å²) in [5.74, 6) is 1.41. The Morgan fingerprint density at radius 2 is 1.85 bits per heavy atom. The van der Waals surface area contributed by atoms with Crippen LogP contribution < -0.4 is 5.32 Å². The molecule has 8 heteroatoms. The molecule has 2 aromatic heterocycles. The Balaban J connectivity index is 1.40. The quantitative estimate of drug-likeness (QED) is 0.585. The lowest BCUT2D eigenvalue weighted by atomic mass is 9.81. The number of aromatic nitrogens is 4. The number of para-hydroxylation sites is 1. The SMILES string of the molecule is CC(C)(C)NC(=O)OC1CC(c2nnc(-c3ccc(C4CC4)cn3)n2-c2ccccc2F)C1. The van der Waals surface area contributed by atoms with Gasteiger partial charge in [0.15, 0.2) is 5.82 Å². The van der Waals surface area contributed by atoms with E-state index in [1.54, 1.807) is 22.8 Å². The Morgan fingerprint density at radius 3 is 2.48 bits per heavy atom. The standard InChI is InChI=1S/C25H28FN5O2/c1-25(2,3)28-24(32)33-18-12-17(13-18)22-29-30-23(31(22)21-7-5-4-6-19(21)26)20-11-10-16(14-27-20)15-8-9-15/h4-7,10-11,14-15,17-18H,8-9,12-13H2,1-3H3,(H,28,32). The molecule has 0 spiro atoms. The van der Waals surface area contributed by atoms with Crippen LogP contribution in [0, 0.1) is 5.82 Å². The molecule has 3 aromatic rings. The van der Waals surface area contributed by atoms with E-state index in [9.17, 15) is 9.18 Å². The highest BCUT2D eigenvalue weighted by Crippen LogP contribution is 2.41. The largest absolute Gasteiger partial charge is 0.446 e. The van der Waals surface area contributed by atoms with Gasteiger partial charge in [0.25, 0.3) is 0 Å². The highest BCUT2D eigenvalue weighted by molar-refractivity contribution is 5.68. The minimum Gasteiger partial charge on any atom is -0.446 e. The van der Waals surface area contributed by atoms with Crippen molar-refractivity contribution in [3.8, 4) is 17.2 Å². The summed E-state index contributed by atoms with van der Waals surface area (Å²) in [7, 11) is 0. The molecule has 2 aliphatic carbocycles. The van der Waals surface area contributed by atoms with E-state index >= 15 is 0 Å². The molecule has 2 saturated carbocycles. The normalized spacial score (nSPS) is 20.2. The summed E-state index contributed by atoms with van der Waals surface area (Å²) in [6, 6.07) is 10.6. The summed E-state index contributed by atoms with van der Waals surface area (Å²) in [5, 5.41) is 11.6. The molecule has 0 atom stereocenters. The van der Waals surface area contributed by atoms with E-state index in [0.29, 0.717) is 41.8 Å². The highest BCUT2D eigenvalue weighted by Gasteiger charge is 2.38. The van der Waals surface area contributed by atoms with Gasteiger partial charge >= 0.3 is 6.09 Å². The van der Waals surface area contributed by atoms with Gasteiger partial charge in [0.2, 0.25) is 0 Å². The van der Waals surface area contributed by atoms with E-state index in [1.807, 2.05) is 33.0 Å². The van der Waals surface area contributed by atoms with E-state index in [4.69, 9.17) is 4.74 Å². The maximum absolute atomic E-state index is 14.8. The van der Waals surface area contributed by atoms with Crippen molar-refractivity contribution in [3.05, 3.63) is 59.8 Å². The number of carbonyl (C=O) groups excluding carboxylic acids is 1. The van der Waals surface area contributed by atoms with Gasteiger partial charge in [-0.1, -0.05) is 18.2 Å². The lowest BCUT2D eigenvalue weighted by Gasteiger charge is -2.35. The van der Waals surface area contributed by atoms with Gasteiger partial charge in [-0.3, -0.25) is 9.55 Å². The average Bonchev–Trinajstić information content (AvgIpc) is 3.49. The van der Waals surface area contributed by atoms with E-state index in [0.717, 1.165) is 0 Å². The first-order valence-electron chi connectivity index (χ1n) is 11.4. The summed E-state index contributed by atoms with van der Waals surface area (Å²) in [6.07, 6.45) is 4.87. The van der Waals surface area contributed by atoms with Crippen molar-refractivity contribution >= 4 is 6.09 Å². The number of hydrogen-bond donors (Lipinski definition) is 1. The zero-order valence-electron chi connectivity index (χ0n) is 19.1. The lowest BCUT2D eigenvalue weighted by molar-refractivity contribution is 0.0336. The van der Waals surface area contributed by atoms with Crippen molar-refractivity contribution in [1.29, 1.82) is 0 Å². The van der Waals surface area contributed by atoms with E-state index in [2.05, 4.69) is 26.6 Å². The first kappa shape index (κ1) is 21.6. The van der Waals surface area contributed by atoms with Crippen LogP contribution in [-0.2, 0) is 4.74 Å². The zero-order valence-corrected chi connectivity index (χ0v) is 19.1. The van der Waals surface area contributed by atoms with Crippen molar-refractivity contribution in [3.63, 3.8) is 0 Å². The van der Waals surface area contributed by atoms with Crippen LogP contribution in [0.2, 0.25) is 0 Å². The molecule has 0 saturated heterocycles. The van der Waals surface area contributed by atoms with Crippen LogP contribution in [0.4, 0.5) is 9.18 Å². The molecule has 172 valence electrons. The van der Waals surface area contributed by atoms with E-state index < -0.39 is 6.09 Å². The number of hydrogen-bond acceptors (Lipinski definition) is 5. The molecular weight excluding hydrogens is 421 g/mol. The molecule has 0 unspecified atom stereocenters. The average molecular weight is 450 g/mol. The summed E-state index contributed by atoms with van der Waals surface area (Å²) < 4.78 is 22.1. The number of nitrogens with zero attached hydrogens (tertiary/aromatic N) is 4. The molecule has 1 N–H and O–H groups in total. The van der Waals surface area contributed by atoms with Crippen molar-refractivity contribution in [1.82, 2.24) is 25.1 Å². The molecule has 0 bridgehead atoms. The molecule has 2 fully saturated rings. The fourth-order valence-corrected chi connectivity index (χ4v) is 4.15. The second-order valence-corrected chi connectivity index (χ2v) is 9.99. The Labute approximate surface area is 192 Å². The predicted octanol–water partition coefficient (Wildman–Crippen LogP) is 5.12. The third-order valence-corrected chi connectivity index (χ3v) is 6.06. The third-order valence-electron chi connectivity index (χ3n) is 6.06. The van der Waals surface area contributed by atoms with Crippen LogP contribution >= 0.6 is 0 Å². The van der Waals surface area contributed by atoms with Gasteiger partial charge in [-0.25, -0.2) is 9.18 Å². The molecular formula is C25H28FN5O2. The molecule has 0 radical (unpaired) electrons. The number of pyridine rings is 1. The van der Waals surface area contributed by atoms with Gasteiger partial charge in [-0.2, -0.15) is 0 Å². The number of nitrogens with one attached hydrogen (secondary N) is 1. The number of carbonyl (C=O) groups is 1. The third kappa shape index (κ3) is 4.60. The smallest absolute Gasteiger partial charge is 0.407 e. The minimum absolute atomic E-state index is 0.00373. The summed E-state index contributed by atoms with van der Waals surface area (Å²) in [4.78, 5) is 16.7. The highest BCUT2D eigenvalue weighted by atomic mass is 19.1. The fourth-order valence-electron chi connectivity index (χ4n) is 4.15. The summed E-state index contributed by atoms with van der Waals surface area (Å²) >= 11 is 0. The first-order valence-corrected chi connectivity index (χ1v) is 11.4. The van der Waals surface area contributed by atoms with Gasteiger partial charge in [0.05, 0.1) is 5.69 Å². The van der Waals surface area contributed by atoms with Crippen molar-refractivity contribution in [2.24, 2.45) is 0 Å². The van der Waals surface area contributed by atoms with E-state index in [-0.39, 0.29) is 23.4 Å². The Kier molecular flexibility index (Phi) is 5.38. The second kappa shape index (κ2) is 8.24. The van der Waals surface area contributed by atoms with Crippen molar-refractivity contribution in [2.75, 3.05) is 0 Å². The lowest BCUT2D eigenvalue weighted by Crippen LogP contribution is -2.44. The predicted molar refractivity (Wildman–Crippen MR) is 122 cm³/mol. The number of amides is 1. The number of ether oxygens (including phenoxy) is 1. The maximum atomic E-state index is 14.8. The van der Waals surface area contributed by atoms with Crippen LogP contribution in [0.15, 0.2) is 42.6 Å². The van der Waals surface area contributed by atoms with Crippen LogP contribution in [0.25, 0.3) is 17.2 Å². The Hall–Kier alpha value is -3.29. The second-order valence-electron chi connectivity index (χ2n) is 9.99. The molecule has 33 heavy (non-hydrogen) atoms. The van der Waals surface area contributed by atoms with Gasteiger partial charge in [-0.15, -0.1) is 10.2 Å². The van der Waals surface area contributed by atoms with Crippen LogP contribution in [0.5, 0.6) is 0 Å². The van der Waals surface area contributed by atoms with Gasteiger partial charge in [-0.05, 0) is 76.1 Å². The first-order chi connectivity index (χ1) is 15.8. The Morgan fingerprint density at radius 1 is 1.09 bits per heavy atom. The van der Waals surface area contributed by atoms with Gasteiger partial charge in [0, 0.05) is 17.7 Å². The molecule has 2 aliphatic rings. The molecule has 0 aliphatic heterocycles. The number of halogens is 1. The van der Waals surface area contributed by atoms with Gasteiger partial charge < -0.3 is 10.1 Å². The summed E-state index contributed by atoms with van der Waals surface area (Å²) in [5.41, 5.74) is 1.90. The zero-order chi connectivity index (χ0) is 23.2. The van der Waals surface area contributed by atoms with Crippen LogP contribution in [0.3, 0.4) is 0 Å². The molecule has 7 nitrogen and oxygen atoms in total. The molecule has 5 rings (SSSR count). The van der Waals surface area contributed by atoms with Crippen molar-refractivity contribution < 1.29 is 13.9 Å². The molecule has 1 amide bonds. The molecule has 2 heterocycles. The summed E-state index contributed by atoms with van der Waals surface area (Å²) in [6.45, 7) is 5.71. The monoisotopic (exact) mass is 449 g/mol. The van der Waals surface area contributed by atoms with Crippen LogP contribution in [0.1, 0.15) is 69.7 Å². The van der Waals surface area contributed by atoms with Crippen LogP contribution in [-0.4, -0.2) is 37.5 Å². The van der Waals surface area contributed by atoms with Crippen molar-refractivity contribution in [2.45, 2.75) is 69.9 Å². The topological polar surface area (TPSA) is 81.9 Å². The minimum atomic E-state index is -0.429. The molecule has 1 aromatic carbocycles. The fraction of sp³-hybridized carbons (Fsp3) is 0.440. The number of alkyl carbamates (subject to hydrolysis) is 1. The van der Waals surface area contributed by atoms with E-state index in [1.165, 1.54) is 24.5 Å². The Bertz CT molecular complexity index is 1160.